The number of fused-ring (bicyclic) bond motifs is 2. The summed E-state index contributed by atoms with van der Waals surface area (Å²) in [7, 11) is -1.52. The van der Waals surface area contributed by atoms with Crippen LogP contribution >= 0.6 is 0 Å². The molecule has 7 rings (SSSR count). The fraction of sp³-hybridized carbons (Fsp3) is 0. The van der Waals surface area contributed by atoms with Crippen LogP contribution in [0.4, 0.5) is 17.1 Å². The second-order valence-electron chi connectivity index (χ2n) is 10.4. The van der Waals surface area contributed by atoms with E-state index in [0.717, 1.165) is 44.5 Å². The van der Waals surface area contributed by atoms with Crippen LogP contribution in [0.15, 0.2) is 158 Å². The molecule has 0 aromatic heterocycles. The maximum Gasteiger partial charge on any atom is 0.488 e. The van der Waals surface area contributed by atoms with Gasteiger partial charge in [0, 0.05) is 16.6 Å². The first kappa shape index (κ1) is 25.8. The highest BCUT2D eigenvalue weighted by molar-refractivity contribution is 6.59. The van der Waals surface area contributed by atoms with E-state index in [-0.39, 0.29) is 0 Å². The first-order valence-corrected chi connectivity index (χ1v) is 14.1. The van der Waals surface area contributed by atoms with Gasteiger partial charge in [0.25, 0.3) is 0 Å². The van der Waals surface area contributed by atoms with E-state index in [0.29, 0.717) is 5.46 Å². The molecular weight excluding hydrogens is 513 g/mol. The summed E-state index contributed by atoms with van der Waals surface area (Å²) in [5.74, 6) is 0. The molecule has 7 aromatic rings. The number of anilines is 3. The Morgan fingerprint density at radius 1 is 0.429 bits per heavy atom. The van der Waals surface area contributed by atoms with Gasteiger partial charge in [-0.1, -0.05) is 127 Å². The molecule has 7 aromatic carbocycles. The third kappa shape index (κ3) is 4.73. The number of nitrogens with zero attached hydrogens (tertiary/aromatic N) is 1. The van der Waals surface area contributed by atoms with Crippen LogP contribution in [0.1, 0.15) is 0 Å². The van der Waals surface area contributed by atoms with Gasteiger partial charge in [-0.15, -0.1) is 0 Å². The van der Waals surface area contributed by atoms with Gasteiger partial charge < -0.3 is 14.9 Å². The van der Waals surface area contributed by atoms with Gasteiger partial charge in [0.15, 0.2) is 0 Å². The number of hydrogen-bond acceptors (Lipinski definition) is 3. The van der Waals surface area contributed by atoms with Gasteiger partial charge in [-0.25, -0.2) is 0 Å². The van der Waals surface area contributed by atoms with Crippen molar-refractivity contribution in [1.82, 2.24) is 0 Å². The Labute approximate surface area is 245 Å². The molecule has 2 N–H and O–H groups in total. The van der Waals surface area contributed by atoms with Crippen LogP contribution in [0.5, 0.6) is 0 Å². The van der Waals surface area contributed by atoms with E-state index in [1.807, 2.05) is 36.4 Å². The highest BCUT2D eigenvalue weighted by Gasteiger charge is 2.21. The molecule has 0 amide bonds. The van der Waals surface area contributed by atoms with Gasteiger partial charge in [0.05, 0.1) is 11.4 Å². The summed E-state index contributed by atoms with van der Waals surface area (Å²) >= 11 is 0. The molecule has 0 atom stereocenters. The summed E-state index contributed by atoms with van der Waals surface area (Å²) < 4.78 is 0. The summed E-state index contributed by atoms with van der Waals surface area (Å²) in [5.41, 5.74) is 8.15. The molecule has 0 aliphatic heterocycles. The lowest BCUT2D eigenvalue weighted by Crippen LogP contribution is -2.29. The summed E-state index contributed by atoms with van der Waals surface area (Å²) in [4.78, 5) is 2.30. The highest BCUT2D eigenvalue weighted by Crippen LogP contribution is 2.45. The number of hydrogen-bond donors (Lipinski definition) is 2. The minimum absolute atomic E-state index is 0.468. The third-order valence-electron chi connectivity index (χ3n) is 7.86. The summed E-state index contributed by atoms with van der Waals surface area (Å²) in [6.07, 6.45) is 0. The van der Waals surface area contributed by atoms with Crippen LogP contribution < -0.4 is 10.4 Å². The summed E-state index contributed by atoms with van der Waals surface area (Å²) in [6, 6.07) is 54.4. The summed E-state index contributed by atoms with van der Waals surface area (Å²) in [5, 5.41) is 24.0. The second kappa shape index (κ2) is 11.0. The first-order valence-electron chi connectivity index (χ1n) is 14.1. The van der Waals surface area contributed by atoms with Crippen molar-refractivity contribution in [3.63, 3.8) is 0 Å². The Hall–Kier alpha value is -5.16. The predicted molar refractivity (Wildman–Crippen MR) is 177 cm³/mol. The van der Waals surface area contributed by atoms with Crippen molar-refractivity contribution in [3.8, 4) is 22.3 Å². The van der Waals surface area contributed by atoms with E-state index in [2.05, 4.69) is 120 Å². The van der Waals surface area contributed by atoms with Crippen LogP contribution in [-0.4, -0.2) is 17.2 Å². The Morgan fingerprint density at radius 3 is 1.93 bits per heavy atom. The highest BCUT2D eigenvalue weighted by atomic mass is 16.4. The third-order valence-corrected chi connectivity index (χ3v) is 7.86. The lowest BCUT2D eigenvalue weighted by Gasteiger charge is -2.29. The largest absolute Gasteiger partial charge is 0.488 e. The fourth-order valence-electron chi connectivity index (χ4n) is 5.85. The summed E-state index contributed by atoms with van der Waals surface area (Å²) in [6.45, 7) is 0. The molecule has 0 unspecified atom stereocenters. The number of rotatable bonds is 6. The molecule has 0 saturated heterocycles. The SMILES string of the molecule is OB(O)c1ccc2c(N(c3ccccc3)c3ccc(-c4cccc5ccccc45)cc3-c3ccccc3)cccc2c1. The van der Waals surface area contributed by atoms with Crippen molar-refractivity contribution in [2.24, 2.45) is 0 Å². The predicted octanol–water partition coefficient (Wildman–Crippen LogP) is 8.48. The van der Waals surface area contributed by atoms with E-state index < -0.39 is 7.12 Å². The second-order valence-corrected chi connectivity index (χ2v) is 10.4. The van der Waals surface area contributed by atoms with Gasteiger partial charge in [-0.05, 0) is 68.6 Å². The van der Waals surface area contributed by atoms with Gasteiger partial charge in [0.1, 0.15) is 0 Å². The van der Waals surface area contributed by atoms with Crippen molar-refractivity contribution in [2.45, 2.75) is 0 Å². The molecule has 0 bridgehead atoms. The zero-order valence-corrected chi connectivity index (χ0v) is 22.9. The minimum atomic E-state index is -1.52. The van der Waals surface area contributed by atoms with Crippen LogP contribution in [0.3, 0.4) is 0 Å². The normalized spacial score (nSPS) is 11.1. The Kier molecular flexibility index (Phi) is 6.77. The van der Waals surface area contributed by atoms with E-state index in [4.69, 9.17) is 0 Å². The van der Waals surface area contributed by atoms with Crippen LogP contribution in [-0.2, 0) is 0 Å². The quantitative estimate of drug-likeness (QED) is 0.208. The molecule has 0 radical (unpaired) electrons. The Bertz CT molecular complexity index is 2020. The molecule has 0 aliphatic carbocycles. The van der Waals surface area contributed by atoms with Crippen LogP contribution in [0.25, 0.3) is 43.8 Å². The van der Waals surface area contributed by atoms with Gasteiger partial charge >= 0.3 is 7.12 Å². The maximum atomic E-state index is 9.81. The van der Waals surface area contributed by atoms with Crippen LogP contribution in [0, 0.1) is 0 Å². The van der Waals surface area contributed by atoms with Crippen molar-refractivity contribution >= 4 is 51.2 Å². The smallest absolute Gasteiger partial charge is 0.423 e. The molecule has 42 heavy (non-hydrogen) atoms. The molecule has 0 heterocycles. The molecular formula is C38H28BNO2. The molecule has 0 fully saturated rings. The Morgan fingerprint density at radius 2 is 1.12 bits per heavy atom. The van der Waals surface area contributed by atoms with E-state index in [9.17, 15) is 10.0 Å². The first-order chi connectivity index (χ1) is 20.7. The number of para-hydroxylation sites is 1. The van der Waals surface area contributed by atoms with Crippen molar-refractivity contribution < 1.29 is 10.0 Å². The van der Waals surface area contributed by atoms with Gasteiger partial charge in [-0.3, -0.25) is 0 Å². The Balaban J connectivity index is 1.49. The zero-order valence-electron chi connectivity index (χ0n) is 22.9. The van der Waals surface area contributed by atoms with E-state index in [1.54, 1.807) is 6.07 Å². The number of benzene rings is 7. The van der Waals surface area contributed by atoms with E-state index >= 15 is 0 Å². The molecule has 0 saturated carbocycles. The van der Waals surface area contributed by atoms with Crippen molar-refractivity contribution in [3.05, 3.63) is 158 Å². The lowest BCUT2D eigenvalue weighted by molar-refractivity contribution is 0.426. The monoisotopic (exact) mass is 541 g/mol. The average Bonchev–Trinajstić information content (AvgIpc) is 3.05. The standard InChI is InChI=1S/C38H28BNO2/c41-39(42)31-22-23-35-29(25-31)15-10-20-37(35)40(32-16-5-2-6-17-32)38-24-21-30(26-36(38)28-11-3-1-4-12-28)34-19-9-14-27-13-7-8-18-33(27)34/h1-26,41-42H. The average molecular weight is 541 g/mol. The van der Waals surface area contributed by atoms with Gasteiger partial charge in [-0.2, -0.15) is 0 Å². The minimum Gasteiger partial charge on any atom is -0.423 e. The topological polar surface area (TPSA) is 43.7 Å². The van der Waals surface area contributed by atoms with Crippen molar-refractivity contribution in [2.75, 3.05) is 4.90 Å². The maximum absolute atomic E-state index is 9.81. The molecule has 3 nitrogen and oxygen atoms in total. The van der Waals surface area contributed by atoms with Crippen molar-refractivity contribution in [1.29, 1.82) is 0 Å². The molecule has 200 valence electrons. The zero-order chi connectivity index (χ0) is 28.5. The molecule has 4 heteroatoms. The van der Waals surface area contributed by atoms with Gasteiger partial charge in [0.2, 0.25) is 0 Å². The fourth-order valence-corrected chi connectivity index (χ4v) is 5.85. The molecule has 0 spiro atoms. The van der Waals surface area contributed by atoms with E-state index in [1.165, 1.54) is 16.3 Å². The molecule has 0 aliphatic rings. The van der Waals surface area contributed by atoms with Crippen LogP contribution in [0.2, 0.25) is 0 Å². The lowest BCUT2D eigenvalue weighted by atomic mass is 9.79.